The van der Waals surface area contributed by atoms with Crippen molar-refractivity contribution < 1.29 is 4.74 Å². The molecule has 0 saturated heterocycles. The van der Waals surface area contributed by atoms with E-state index in [9.17, 15) is 0 Å². The number of thiocarbonyl (C=S) groups is 1. The first kappa shape index (κ1) is 14.7. The largest absolute Gasteiger partial charge is 0.385 e. The van der Waals surface area contributed by atoms with Crippen LogP contribution in [0.5, 0.6) is 0 Å². The predicted molar refractivity (Wildman–Crippen MR) is 76.2 cm³/mol. The first-order valence-corrected chi connectivity index (χ1v) is 7.06. The molecule has 3 nitrogen and oxygen atoms in total. The van der Waals surface area contributed by atoms with Gasteiger partial charge in [-0.2, -0.15) is 0 Å². The Balaban J connectivity index is 2.16. The highest BCUT2D eigenvalue weighted by molar-refractivity contribution is 7.80. The number of hydrogen-bond acceptors (Lipinski definition) is 2. The zero-order valence-corrected chi connectivity index (χ0v) is 12.1. The van der Waals surface area contributed by atoms with E-state index in [0.717, 1.165) is 36.5 Å². The molecule has 1 aliphatic carbocycles. The third kappa shape index (κ3) is 6.22. The number of hydrogen-bond donors (Lipinski definition) is 2. The van der Waals surface area contributed by atoms with Crippen LogP contribution in [0.25, 0.3) is 0 Å². The van der Waals surface area contributed by atoms with Crippen LogP contribution in [0, 0.1) is 11.8 Å². The molecule has 2 atom stereocenters. The minimum absolute atomic E-state index is 0.552. The van der Waals surface area contributed by atoms with Gasteiger partial charge in [0.15, 0.2) is 5.11 Å². The van der Waals surface area contributed by atoms with E-state index >= 15 is 0 Å². The summed E-state index contributed by atoms with van der Waals surface area (Å²) in [7, 11) is 1.72. The Morgan fingerprint density at radius 2 is 1.88 bits per heavy atom. The van der Waals surface area contributed by atoms with Crippen LogP contribution in [0.15, 0.2) is 0 Å². The van der Waals surface area contributed by atoms with E-state index < -0.39 is 0 Å². The molecule has 0 heterocycles. The summed E-state index contributed by atoms with van der Waals surface area (Å²) in [5, 5.41) is 7.47. The summed E-state index contributed by atoms with van der Waals surface area (Å²) in [6.45, 7) is 6.34. The Morgan fingerprint density at radius 3 is 2.47 bits per heavy atom. The van der Waals surface area contributed by atoms with Gasteiger partial charge in [0.2, 0.25) is 0 Å². The van der Waals surface area contributed by atoms with Crippen LogP contribution in [0.3, 0.4) is 0 Å². The third-order valence-electron chi connectivity index (χ3n) is 3.32. The molecule has 17 heavy (non-hydrogen) atoms. The molecule has 4 heteroatoms. The Hall–Kier alpha value is -0.350. The van der Waals surface area contributed by atoms with E-state index in [1.165, 1.54) is 19.3 Å². The van der Waals surface area contributed by atoms with Gasteiger partial charge in [-0.05, 0) is 49.7 Å². The lowest BCUT2D eigenvalue weighted by Crippen LogP contribution is -2.45. The highest BCUT2D eigenvalue weighted by Crippen LogP contribution is 2.28. The lowest BCUT2D eigenvalue weighted by molar-refractivity contribution is 0.195. The van der Waals surface area contributed by atoms with Gasteiger partial charge in [0.1, 0.15) is 0 Å². The van der Waals surface area contributed by atoms with E-state index in [1.807, 2.05) is 0 Å². The summed E-state index contributed by atoms with van der Waals surface area (Å²) >= 11 is 5.30. The van der Waals surface area contributed by atoms with Crippen LogP contribution in [-0.2, 0) is 4.74 Å². The summed E-state index contributed by atoms with van der Waals surface area (Å²) < 4.78 is 5.00. The van der Waals surface area contributed by atoms with Gasteiger partial charge in [-0.25, -0.2) is 0 Å². The Bertz CT molecular complexity index is 225. The molecule has 0 aromatic rings. The normalized spacial score (nSPS) is 28.8. The topological polar surface area (TPSA) is 33.3 Å². The molecule has 1 saturated carbocycles. The highest BCUT2D eigenvalue weighted by atomic mass is 32.1. The number of methoxy groups -OCH3 is 1. The zero-order chi connectivity index (χ0) is 12.7. The average molecular weight is 258 g/mol. The molecule has 1 fully saturated rings. The van der Waals surface area contributed by atoms with Crippen LogP contribution in [0.4, 0.5) is 0 Å². The third-order valence-corrected chi connectivity index (χ3v) is 3.59. The number of ether oxygens (including phenoxy) is 1. The SMILES string of the molecule is COCCCNC(=S)NC1CC(C)CC(C)C1. The fourth-order valence-electron chi connectivity index (χ4n) is 2.72. The standard InChI is InChI=1S/C13H26N2OS/c1-10-7-11(2)9-12(8-10)15-13(17)14-5-4-6-16-3/h10-12H,4-9H2,1-3H3,(H2,14,15,17). The molecule has 0 aromatic carbocycles. The van der Waals surface area contributed by atoms with Gasteiger partial charge in [-0.1, -0.05) is 13.8 Å². The molecule has 0 aliphatic heterocycles. The average Bonchev–Trinajstić information content (AvgIpc) is 2.23. The first-order chi connectivity index (χ1) is 8.11. The molecule has 2 unspecified atom stereocenters. The fourth-order valence-corrected chi connectivity index (χ4v) is 2.99. The summed E-state index contributed by atoms with van der Waals surface area (Å²) in [5.74, 6) is 1.63. The van der Waals surface area contributed by atoms with Gasteiger partial charge in [0, 0.05) is 26.3 Å². The Morgan fingerprint density at radius 1 is 1.24 bits per heavy atom. The zero-order valence-electron chi connectivity index (χ0n) is 11.3. The maximum absolute atomic E-state index is 5.30. The molecule has 0 radical (unpaired) electrons. The van der Waals surface area contributed by atoms with E-state index in [4.69, 9.17) is 17.0 Å². The molecule has 2 N–H and O–H groups in total. The molecular formula is C13H26N2OS. The van der Waals surface area contributed by atoms with Crippen LogP contribution in [0.2, 0.25) is 0 Å². The van der Waals surface area contributed by atoms with Crippen molar-refractivity contribution in [3.05, 3.63) is 0 Å². The fraction of sp³-hybridized carbons (Fsp3) is 0.923. The van der Waals surface area contributed by atoms with Crippen molar-refractivity contribution in [1.29, 1.82) is 0 Å². The monoisotopic (exact) mass is 258 g/mol. The molecule has 1 rings (SSSR count). The number of nitrogens with one attached hydrogen (secondary N) is 2. The van der Waals surface area contributed by atoms with Crippen LogP contribution in [-0.4, -0.2) is 31.4 Å². The summed E-state index contributed by atoms with van der Waals surface area (Å²) in [6, 6.07) is 0.552. The highest BCUT2D eigenvalue weighted by Gasteiger charge is 2.23. The van der Waals surface area contributed by atoms with Gasteiger partial charge in [-0.3, -0.25) is 0 Å². The van der Waals surface area contributed by atoms with E-state index in [2.05, 4.69) is 24.5 Å². The quantitative estimate of drug-likeness (QED) is 0.586. The molecular weight excluding hydrogens is 232 g/mol. The van der Waals surface area contributed by atoms with Crippen molar-refractivity contribution in [2.75, 3.05) is 20.3 Å². The summed E-state index contributed by atoms with van der Waals surface area (Å²) in [5.41, 5.74) is 0. The second kappa shape index (κ2) is 7.88. The van der Waals surface area contributed by atoms with Gasteiger partial charge in [-0.15, -0.1) is 0 Å². The second-order valence-corrected chi connectivity index (χ2v) is 5.77. The molecule has 0 amide bonds. The van der Waals surface area contributed by atoms with Crippen LogP contribution in [0.1, 0.15) is 39.5 Å². The van der Waals surface area contributed by atoms with Crippen molar-refractivity contribution in [1.82, 2.24) is 10.6 Å². The Kier molecular flexibility index (Phi) is 6.82. The van der Waals surface area contributed by atoms with E-state index in [0.29, 0.717) is 6.04 Å². The van der Waals surface area contributed by atoms with Crippen molar-refractivity contribution in [2.24, 2.45) is 11.8 Å². The van der Waals surface area contributed by atoms with Gasteiger partial charge in [0.05, 0.1) is 0 Å². The summed E-state index contributed by atoms with van der Waals surface area (Å²) in [4.78, 5) is 0. The maximum atomic E-state index is 5.30. The van der Waals surface area contributed by atoms with Gasteiger partial charge < -0.3 is 15.4 Å². The van der Waals surface area contributed by atoms with Crippen LogP contribution >= 0.6 is 12.2 Å². The second-order valence-electron chi connectivity index (χ2n) is 5.36. The number of rotatable bonds is 5. The molecule has 100 valence electrons. The van der Waals surface area contributed by atoms with Crippen molar-refractivity contribution >= 4 is 17.3 Å². The molecule has 1 aliphatic rings. The smallest absolute Gasteiger partial charge is 0.166 e. The molecule has 0 spiro atoms. The summed E-state index contributed by atoms with van der Waals surface area (Å²) in [6.07, 6.45) is 4.83. The Labute approximate surface area is 111 Å². The lowest BCUT2D eigenvalue weighted by atomic mass is 9.80. The van der Waals surface area contributed by atoms with Crippen molar-refractivity contribution in [3.8, 4) is 0 Å². The molecule has 0 bridgehead atoms. The van der Waals surface area contributed by atoms with Crippen molar-refractivity contribution in [2.45, 2.75) is 45.6 Å². The minimum Gasteiger partial charge on any atom is -0.385 e. The van der Waals surface area contributed by atoms with E-state index in [-0.39, 0.29) is 0 Å². The lowest BCUT2D eigenvalue weighted by Gasteiger charge is -2.32. The minimum atomic E-state index is 0.552. The first-order valence-electron chi connectivity index (χ1n) is 6.65. The molecule has 0 aromatic heterocycles. The van der Waals surface area contributed by atoms with Crippen LogP contribution < -0.4 is 10.6 Å². The maximum Gasteiger partial charge on any atom is 0.166 e. The van der Waals surface area contributed by atoms with Gasteiger partial charge in [0.25, 0.3) is 0 Å². The predicted octanol–water partition coefficient (Wildman–Crippen LogP) is 2.31. The van der Waals surface area contributed by atoms with Crippen molar-refractivity contribution in [3.63, 3.8) is 0 Å². The van der Waals surface area contributed by atoms with Gasteiger partial charge >= 0.3 is 0 Å². The van der Waals surface area contributed by atoms with E-state index in [1.54, 1.807) is 7.11 Å².